The van der Waals surface area contributed by atoms with E-state index < -0.39 is 11.2 Å². The van der Waals surface area contributed by atoms with Crippen LogP contribution in [0.15, 0.2) is 39.9 Å². The highest BCUT2D eigenvalue weighted by atomic mass is 127. The Morgan fingerprint density at radius 1 is 1.06 bits per heavy atom. The Morgan fingerprint density at radius 2 is 1.75 bits per heavy atom. The lowest BCUT2D eigenvalue weighted by molar-refractivity contribution is 1.04. The molecule has 82 valence electrons. The van der Waals surface area contributed by atoms with Gasteiger partial charge in [-0.1, -0.05) is 0 Å². The number of halogens is 1. The van der Waals surface area contributed by atoms with E-state index in [-0.39, 0.29) is 0 Å². The molecular formula is C10H8IN3O2. The Kier molecular flexibility index (Phi) is 3.09. The van der Waals surface area contributed by atoms with Gasteiger partial charge in [0, 0.05) is 15.3 Å². The van der Waals surface area contributed by atoms with Crippen molar-refractivity contribution in [1.82, 2.24) is 9.97 Å². The Labute approximate surface area is 104 Å². The predicted octanol–water partition coefficient (Wildman–Crippen LogP) is 1.41. The van der Waals surface area contributed by atoms with Crippen molar-refractivity contribution in [3.8, 4) is 0 Å². The van der Waals surface area contributed by atoms with Crippen LogP contribution in [0.3, 0.4) is 0 Å². The highest BCUT2D eigenvalue weighted by Gasteiger charge is 1.97. The van der Waals surface area contributed by atoms with Gasteiger partial charge in [0.05, 0.1) is 0 Å². The number of aromatic nitrogens is 2. The van der Waals surface area contributed by atoms with Gasteiger partial charge < -0.3 is 5.32 Å². The molecule has 3 N–H and O–H groups in total. The molecule has 6 heteroatoms. The number of nitrogens with one attached hydrogen (secondary N) is 3. The standard InChI is InChI=1S/C10H8IN3O2/c11-6-1-3-7(4-2-6)12-8-5-9(15)14-10(16)13-8/h1-5H,(H3,12,13,14,15,16). The first-order valence-electron chi connectivity index (χ1n) is 4.50. The van der Waals surface area contributed by atoms with E-state index in [2.05, 4.69) is 37.9 Å². The minimum Gasteiger partial charge on any atom is -0.342 e. The number of H-pyrrole nitrogens is 2. The van der Waals surface area contributed by atoms with Crippen molar-refractivity contribution in [2.75, 3.05) is 5.32 Å². The number of hydrogen-bond donors (Lipinski definition) is 3. The monoisotopic (exact) mass is 329 g/mol. The lowest BCUT2D eigenvalue weighted by Gasteiger charge is -2.04. The van der Waals surface area contributed by atoms with Crippen LogP contribution in [0.1, 0.15) is 0 Å². The van der Waals surface area contributed by atoms with Crippen LogP contribution < -0.4 is 16.6 Å². The fourth-order valence-electron chi connectivity index (χ4n) is 1.22. The summed E-state index contributed by atoms with van der Waals surface area (Å²) < 4.78 is 1.11. The minimum atomic E-state index is -0.527. The molecule has 16 heavy (non-hydrogen) atoms. The van der Waals surface area contributed by atoms with Crippen molar-refractivity contribution in [1.29, 1.82) is 0 Å². The van der Waals surface area contributed by atoms with Gasteiger partial charge in [0.25, 0.3) is 5.56 Å². The topological polar surface area (TPSA) is 77.8 Å². The summed E-state index contributed by atoms with van der Waals surface area (Å²) in [6, 6.07) is 8.87. The van der Waals surface area contributed by atoms with Gasteiger partial charge >= 0.3 is 5.69 Å². The van der Waals surface area contributed by atoms with Crippen molar-refractivity contribution in [2.24, 2.45) is 0 Å². The van der Waals surface area contributed by atoms with Crippen LogP contribution in [0.5, 0.6) is 0 Å². The molecule has 0 radical (unpaired) electrons. The molecule has 0 atom stereocenters. The summed E-state index contributed by atoms with van der Waals surface area (Å²) in [5, 5.41) is 2.93. The Balaban J connectivity index is 2.30. The van der Waals surface area contributed by atoms with Gasteiger partial charge in [0.1, 0.15) is 5.82 Å². The van der Waals surface area contributed by atoms with Gasteiger partial charge in [-0.05, 0) is 46.9 Å². The maximum Gasteiger partial charge on any atom is 0.327 e. The summed E-state index contributed by atoms with van der Waals surface area (Å²) in [4.78, 5) is 26.6. The molecule has 0 aliphatic carbocycles. The molecule has 0 amide bonds. The molecule has 5 nitrogen and oxygen atoms in total. The lowest BCUT2D eigenvalue weighted by Crippen LogP contribution is -2.22. The fraction of sp³-hybridized carbons (Fsp3) is 0. The quantitative estimate of drug-likeness (QED) is 0.729. The van der Waals surface area contributed by atoms with Crippen LogP contribution in [0.4, 0.5) is 11.5 Å². The van der Waals surface area contributed by atoms with E-state index in [4.69, 9.17) is 0 Å². The average molecular weight is 329 g/mol. The largest absolute Gasteiger partial charge is 0.342 e. The summed E-state index contributed by atoms with van der Waals surface area (Å²) in [5.41, 5.74) is -0.154. The Morgan fingerprint density at radius 3 is 2.38 bits per heavy atom. The zero-order chi connectivity index (χ0) is 11.5. The average Bonchev–Trinajstić information content (AvgIpc) is 2.20. The van der Waals surface area contributed by atoms with Crippen molar-refractivity contribution >= 4 is 34.1 Å². The molecule has 0 saturated carbocycles. The maximum absolute atomic E-state index is 11.0. The molecule has 1 heterocycles. The molecular weight excluding hydrogens is 321 g/mol. The van der Waals surface area contributed by atoms with E-state index >= 15 is 0 Å². The molecule has 0 fully saturated rings. The van der Waals surface area contributed by atoms with E-state index in [0.29, 0.717) is 5.82 Å². The van der Waals surface area contributed by atoms with Gasteiger partial charge in [-0.15, -0.1) is 0 Å². The molecule has 2 aromatic rings. The second kappa shape index (κ2) is 4.52. The highest BCUT2D eigenvalue weighted by molar-refractivity contribution is 14.1. The van der Waals surface area contributed by atoms with Gasteiger partial charge in [-0.25, -0.2) is 4.79 Å². The normalized spacial score (nSPS) is 10.1. The molecule has 1 aromatic heterocycles. The minimum absolute atomic E-state index is 0.370. The molecule has 0 aliphatic rings. The molecule has 0 bridgehead atoms. The van der Waals surface area contributed by atoms with Crippen LogP contribution in [-0.2, 0) is 0 Å². The SMILES string of the molecule is O=c1cc(Nc2ccc(I)cc2)[nH]c(=O)[nH]1. The zero-order valence-corrected chi connectivity index (χ0v) is 10.2. The fourth-order valence-corrected chi connectivity index (χ4v) is 1.58. The first kappa shape index (κ1) is 10.9. The van der Waals surface area contributed by atoms with Crippen LogP contribution in [0.25, 0.3) is 0 Å². The second-order valence-electron chi connectivity index (χ2n) is 3.13. The second-order valence-corrected chi connectivity index (χ2v) is 4.38. The van der Waals surface area contributed by atoms with Gasteiger partial charge in [0.2, 0.25) is 0 Å². The summed E-state index contributed by atoms with van der Waals surface area (Å²) in [6.45, 7) is 0. The third-order valence-electron chi connectivity index (χ3n) is 1.88. The molecule has 0 aliphatic heterocycles. The Hall–Kier alpha value is -1.57. The van der Waals surface area contributed by atoms with Gasteiger partial charge in [0.15, 0.2) is 0 Å². The smallest absolute Gasteiger partial charge is 0.327 e. The van der Waals surface area contributed by atoms with Crippen molar-refractivity contribution < 1.29 is 0 Å². The third kappa shape index (κ3) is 2.72. The van der Waals surface area contributed by atoms with Crippen LogP contribution in [0, 0.1) is 3.57 Å². The van der Waals surface area contributed by atoms with Gasteiger partial charge in [-0.3, -0.25) is 14.8 Å². The van der Waals surface area contributed by atoms with Crippen LogP contribution in [-0.4, -0.2) is 9.97 Å². The number of anilines is 2. The number of aromatic amines is 2. The summed E-state index contributed by atoms with van der Waals surface area (Å²) in [6.07, 6.45) is 0. The first-order valence-corrected chi connectivity index (χ1v) is 5.57. The van der Waals surface area contributed by atoms with Gasteiger partial charge in [-0.2, -0.15) is 0 Å². The Bertz CT molecular complexity index is 572. The summed E-state index contributed by atoms with van der Waals surface area (Å²) >= 11 is 2.20. The van der Waals surface area contributed by atoms with Crippen LogP contribution >= 0.6 is 22.6 Å². The predicted molar refractivity (Wildman–Crippen MR) is 70.1 cm³/mol. The summed E-state index contributed by atoms with van der Waals surface area (Å²) in [7, 11) is 0. The van der Waals surface area contributed by atoms with E-state index in [1.807, 2.05) is 24.3 Å². The molecule has 2 rings (SSSR count). The molecule has 0 unspecified atom stereocenters. The number of benzene rings is 1. The van der Waals surface area contributed by atoms with Crippen molar-refractivity contribution in [3.63, 3.8) is 0 Å². The molecule has 1 aromatic carbocycles. The highest BCUT2D eigenvalue weighted by Crippen LogP contribution is 2.14. The zero-order valence-electron chi connectivity index (χ0n) is 8.08. The molecule has 0 saturated heterocycles. The first-order chi connectivity index (χ1) is 7.63. The van der Waals surface area contributed by atoms with E-state index in [1.54, 1.807) is 0 Å². The molecule has 0 spiro atoms. The summed E-state index contributed by atoms with van der Waals surface area (Å²) in [5.74, 6) is 0.370. The number of hydrogen-bond acceptors (Lipinski definition) is 3. The number of rotatable bonds is 2. The van der Waals surface area contributed by atoms with E-state index in [9.17, 15) is 9.59 Å². The lowest BCUT2D eigenvalue weighted by atomic mass is 10.3. The van der Waals surface area contributed by atoms with Crippen LogP contribution in [0.2, 0.25) is 0 Å². The van der Waals surface area contributed by atoms with E-state index in [1.165, 1.54) is 6.07 Å². The third-order valence-corrected chi connectivity index (χ3v) is 2.60. The van der Waals surface area contributed by atoms with Crippen molar-refractivity contribution in [3.05, 3.63) is 54.7 Å². The van der Waals surface area contributed by atoms with Crippen molar-refractivity contribution in [2.45, 2.75) is 0 Å². The van der Waals surface area contributed by atoms with E-state index in [0.717, 1.165) is 9.26 Å². The maximum atomic E-state index is 11.0.